The molecule has 0 aliphatic carbocycles. The first-order valence-electron chi connectivity index (χ1n) is 7.43. The largest absolute Gasteiger partial charge is 0.455 e. The Kier molecular flexibility index (Phi) is 4.81. The van der Waals surface area contributed by atoms with E-state index in [0.717, 1.165) is 16.8 Å². The minimum Gasteiger partial charge on any atom is -0.455 e. The minimum atomic E-state index is -0.437. The summed E-state index contributed by atoms with van der Waals surface area (Å²) in [5.41, 5.74) is 5.44. The third-order valence-corrected chi connectivity index (χ3v) is 3.95. The normalized spacial score (nSPS) is 11.0. The number of nitro benzene ring substituents is 1. The lowest BCUT2D eigenvalue weighted by Gasteiger charge is -2.02. The highest BCUT2D eigenvalue weighted by Crippen LogP contribution is 2.24. The number of nitrogens with one attached hydrogen (secondary N) is 1. The molecule has 126 valence electrons. The number of rotatable bonds is 5. The SMILES string of the molecule is Cc1ccc(N/N=C/c2ccc(-c3ccc([N+](=O)[O-])cc3)o2)cc1Cl. The molecule has 0 atom stereocenters. The number of nitro groups is 1. The lowest BCUT2D eigenvalue weighted by molar-refractivity contribution is -0.384. The lowest BCUT2D eigenvalue weighted by atomic mass is 10.1. The quantitative estimate of drug-likeness (QED) is 0.384. The number of non-ortho nitro benzene ring substituents is 1. The van der Waals surface area contributed by atoms with E-state index < -0.39 is 4.92 Å². The maximum Gasteiger partial charge on any atom is 0.269 e. The first-order valence-corrected chi connectivity index (χ1v) is 7.80. The van der Waals surface area contributed by atoms with Crippen LogP contribution in [0.25, 0.3) is 11.3 Å². The molecule has 0 spiro atoms. The fourth-order valence-electron chi connectivity index (χ4n) is 2.16. The molecular formula is C18H14ClN3O3. The van der Waals surface area contributed by atoms with Gasteiger partial charge >= 0.3 is 0 Å². The van der Waals surface area contributed by atoms with Gasteiger partial charge in [0.05, 0.1) is 16.8 Å². The predicted molar refractivity (Wildman–Crippen MR) is 98.2 cm³/mol. The average molecular weight is 356 g/mol. The van der Waals surface area contributed by atoms with Gasteiger partial charge in [0, 0.05) is 22.7 Å². The number of hydrogen-bond acceptors (Lipinski definition) is 5. The first kappa shape index (κ1) is 16.7. The van der Waals surface area contributed by atoms with Crippen molar-refractivity contribution in [1.29, 1.82) is 0 Å². The van der Waals surface area contributed by atoms with Crippen molar-refractivity contribution in [1.82, 2.24) is 0 Å². The van der Waals surface area contributed by atoms with Gasteiger partial charge in [-0.15, -0.1) is 0 Å². The molecule has 0 amide bonds. The molecule has 0 fully saturated rings. The molecule has 2 aromatic carbocycles. The van der Waals surface area contributed by atoms with Gasteiger partial charge in [-0.05, 0) is 48.9 Å². The Balaban J connectivity index is 1.68. The van der Waals surface area contributed by atoms with Gasteiger partial charge in [-0.1, -0.05) is 17.7 Å². The maximum atomic E-state index is 10.7. The molecule has 0 aliphatic rings. The summed E-state index contributed by atoms with van der Waals surface area (Å²) < 4.78 is 5.67. The summed E-state index contributed by atoms with van der Waals surface area (Å²) in [6, 6.07) is 15.3. The molecule has 0 unspecified atom stereocenters. The molecule has 3 aromatic rings. The Hall–Kier alpha value is -3.12. The van der Waals surface area contributed by atoms with Crippen LogP contribution < -0.4 is 5.43 Å². The number of aryl methyl sites for hydroxylation is 1. The monoisotopic (exact) mass is 355 g/mol. The number of halogens is 1. The Morgan fingerprint density at radius 3 is 2.60 bits per heavy atom. The molecule has 0 aliphatic heterocycles. The van der Waals surface area contributed by atoms with E-state index >= 15 is 0 Å². The van der Waals surface area contributed by atoms with Crippen molar-refractivity contribution in [3.8, 4) is 11.3 Å². The van der Waals surface area contributed by atoms with E-state index in [9.17, 15) is 10.1 Å². The fourth-order valence-corrected chi connectivity index (χ4v) is 2.34. The van der Waals surface area contributed by atoms with Crippen LogP contribution in [0.2, 0.25) is 5.02 Å². The topological polar surface area (TPSA) is 80.7 Å². The van der Waals surface area contributed by atoms with Gasteiger partial charge in [0.1, 0.15) is 11.5 Å². The van der Waals surface area contributed by atoms with E-state index in [1.54, 1.807) is 36.5 Å². The molecule has 0 saturated heterocycles. The minimum absolute atomic E-state index is 0.0399. The van der Waals surface area contributed by atoms with Crippen LogP contribution in [0.15, 0.2) is 64.1 Å². The standard InChI is InChI=1S/C18H14ClN3O3/c1-12-2-5-14(10-17(12)19)21-20-11-16-8-9-18(25-16)13-3-6-15(7-4-13)22(23)24/h2-11,21H,1H3/b20-11+. The second kappa shape index (κ2) is 7.19. The van der Waals surface area contributed by atoms with Crippen molar-refractivity contribution in [2.24, 2.45) is 5.10 Å². The summed E-state index contributed by atoms with van der Waals surface area (Å²) in [6.07, 6.45) is 1.54. The van der Waals surface area contributed by atoms with Gasteiger partial charge in [-0.25, -0.2) is 0 Å². The van der Waals surface area contributed by atoms with E-state index in [4.69, 9.17) is 16.0 Å². The van der Waals surface area contributed by atoms with E-state index in [2.05, 4.69) is 10.5 Å². The highest BCUT2D eigenvalue weighted by atomic mass is 35.5. The summed E-state index contributed by atoms with van der Waals surface area (Å²) in [5, 5.41) is 15.5. The smallest absolute Gasteiger partial charge is 0.269 e. The Morgan fingerprint density at radius 2 is 1.92 bits per heavy atom. The van der Waals surface area contributed by atoms with E-state index in [0.29, 0.717) is 16.5 Å². The third kappa shape index (κ3) is 4.05. The molecular weight excluding hydrogens is 342 g/mol. The molecule has 1 aromatic heterocycles. The number of benzene rings is 2. The highest BCUT2D eigenvalue weighted by Gasteiger charge is 2.07. The number of nitrogens with zero attached hydrogens (tertiary/aromatic N) is 2. The van der Waals surface area contributed by atoms with Crippen LogP contribution in [-0.2, 0) is 0 Å². The van der Waals surface area contributed by atoms with E-state index in [1.807, 2.05) is 19.1 Å². The molecule has 3 rings (SSSR count). The van der Waals surface area contributed by atoms with Crippen LogP contribution in [0.1, 0.15) is 11.3 Å². The number of furan rings is 1. The van der Waals surface area contributed by atoms with Crippen molar-refractivity contribution in [2.45, 2.75) is 6.92 Å². The van der Waals surface area contributed by atoms with Gasteiger partial charge in [-0.3, -0.25) is 15.5 Å². The summed E-state index contributed by atoms with van der Waals surface area (Å²) in [6.45, 7) is 1.93. The Morgan fingerprint density at radius 1 is 1.16 bits per heavy atom. The zero-order valence-electron chi connectivity index (χ0n) is 13.3. The van der Waals surface area contributed by atoms with Crippen molar-refractivity contribution in [3.63, 3.8) is 0 Å². The first-order chi connectivity index (χ1) is 12.0. The molecule has 6 nitrogen and oxygen atoms in total. The highest BCUT2D eigenvalue weighted by molar-refractivity contribution is 6.31. The van der Waals surface area contributed by atoms with Crippen LogP contribution in [0.3, 0.4) is 0 Å². The molecule has 1 heterocycles. The third-order valence-electron chi connectivity index (χ3n) is 3.55. The van der Waals surface area contributed by atoms with Crippen LogP contribution in [-0.4, -0.2) is 11.1 Å². The number of hydrogen-bond donors (Lipinski definition) is 1. The predicted octanol–water partition coefficient (Wildman–Crippen LogP) is 5.26. The van der Waals surface area contributed by atoms with Crippen molar-refractivity contribution in [2.75, 3.05) is 5.43 Å². The van der Waals surface area contributed by atoms with Crippen LogP contribution in [0.4, 0.5) is 11.4 Å². The molecule has 1 N–H and O–H groups in total. The van der Waals surface area contributed by atoms with Crippen molar-refractivity contribution < 1.29 is 9.34 Å². The molecule has 25 heavy (non-hydrogen) atoms. The summed E-state index contributed by atoms with van der Waals surface area (Å²) in [7, 11) is 0. The summed E-state index contributed by atoms with van der Waals surface area (Å²) in [5.74, 6) is 1.16. The van der Waals surface area contributed by atoms with E-state index in [1.165, 1.54) is 12.1 Å². The second-order valence-corrected chi connectivity index (χ2v) is 5.75. The zero-order chi connectivity index (χ0) is 17.8. The van der Waals surface area contributed by atoms with Crippen molar-refractivity contribution >= 4 is 29.2 Å². The van der Waals surface area contributed by atoms with E-state index in [-0.39, 0.29) is 5.69 Å². The Labute approximate surface area is 148 Å². The van der Waals surface area contributed by atoms with Gasteiger partial charge in [0.2, 0.25) is 0 Å². The second-order valence-electron chi connectivity index (χ2n) is 5.34. The van der Waals surface area contributed by atoms with Gasteiger partial charge in [0.15, 0.2) is 0 Å². The molecule has 0 radical (unpaired) electrons. The van der Waals surface area contributed by atoms with Gasteiger partial charge in [0.25, 0.3) is 5.69 Å². The lowest BCUT2D eigenvalue weighted by Crippen LogP contribution is -1.90. The Bertz CT molecular complexity index is 933. The fraction of sp³-hybridized carbons (Fsp3) is 0.0556. The molecule has 7 heteroatoms. The number of hydrazone groups is 1. The molecule has 0 saturated carbocycles. The van der Waals surface area contributed by atoms with Crippen LogP contribution in [0, 0.1) is 17.0 Å². The number of anilines is 1. The molecule has 0 bridgehead atoms. The summed E-state index contributed by atoms with van der Waals surface area (Å²) in [4.78, 5) is 10.2. The van der Waals surface area contributed by atoms with Crippen LogP contribution >= 0.6 is 11.6 Å². The van der Waals surface area contributed by atoms with Crippen molar-refractivity contribution in [3.05, 3.63) is 81.1 Å². The van der Waals surface area contributed by atoms with Gasteiger partial charge < -0.3 is 4.42 Å². The maximum absolute atomic E-state index is 10.7. The van der Waals surface area contributed by atoms with Gasteiger partial charge in [-0.2, -0.15) is 5.10 Å². The van der Waals surface area contributed by atoms with Crippen LogP contribution in [0.5, 0.6) is 0 Å². The summed E-state index contributed by atoms with van der Waals surface area (Å²) >= 11 is 6.06. The zero-order valence-corrected chi connectivity index (χ0v) is 14.0. The average Bonchev–Trinajstić information content (AvgIpc) is 3.07.